The molecule has 0 aliphatic carbocycles. The number of guanidine groups is 1. The van der Waals surface area contributed by atoms with E-state index in [2.05, 4.69) is 11.6 Å². The Kier molecular flexibility index (Phi) is 1.96. The second-order valence-electron chi connectivity index (χ2n) is 1.16. The molecule has 9 heavy (non-hydrogen) atoms. The number of hydrogen-bond donors (Lipinski definition) is 4. The predicted molar refractivity (Wildman–Crippen MR) is 29.5 cm³/mol. The molecule has 8 heteroatoms. The molecule has 0 amide bonds. The Labute approximate surface area is 51.6 Å². The second-order valence-corrected chi connectivity index (χ2v) is 2.45. The standard InChI is InChI=1S/CH6N4O3S/c2-1(3)5(4)9(6,7)8/h4H2,(H3,2,3)(H,6,7,8). The number of nitrogens with one attached hydrogen (secondary N) is 1. The zero-order valence-electron chi connectivity index (χ0n) is 4.27. The van der Waals surface area contributed by atoms with Crippen LogP contribution in [0.2, 0.25) is 0 Å². The number of hydrazine groups is 1. The number of nitrogens with zero attached hydrogens (tertiary/aromatic N) is 1. The monoisotopic (exact) mass is 154 g/mol. The predicted octanol–water partition coefficient (Wildman–Crippen LogP) is -2.14. The van der Waals surface area contributed by atoms with Gasteiger partial charge in [0.1, 0.15) is 0 Å². The van der Waals surface area contributed by atoms with E-state index in [9.17, 15) is 8.42 Å². The third-order valence-corrected chi connectivity index (χ3v) is 1.18. The molecule has 0 unspecified atom stereocenters. The third-order valence-electron chi connectivity index (χ3n) is 0.486. The van der Waals surface area contributed by atoms with Crippen LogP contribution in [0.15, 0.2) is 0 Å². The first-order valence-corrected chi connectivity index (χ1v) is 3.12. The van der Waals surface area contributed by atoms with Crippen LogP contribution in [0.25, 0.3) is 0 Å². The Morgan fingerprint density at radius 2 is 2.00 bits per heavy atom. The van der Waals surface area contributed by atoms with Gasteiger partial charge in [-0.15, -0.1) is 4.41 Å². The van der Waals surface area contributed by atoms with Gasteiger partial charge in [0.25, 0.3) is 0 Å². The molecule has 0 saturated carbocycles. The van der Waals surface area contributed by atoms with Crippen LogP contribution >= 0.6 is 0 Å². The van der Waals surface area contributed by atoms with Gasteiger partial charge in [-0.2, -0.15) is 8.42 Å². The van der Waals surface area contributed by atoms with Crippen molar-refractivity contribution in [3.63, 3.8) is 0 Å². The van der Waals surface area contributed by atoms with Gasteiger partial charge in [-0.05, 0) is 0 Å². The van der Waals surface area contributed by atoms with Crippen LogP contribution in [0.1, 0.15) is 0 Å². The summed E-state index contributed by atoms with van der Waals surface area (Å²) in [5.74, 6) is 3.59. The molecule has 54 valence electrons. The van der Waals surface area contributed by atoms with E-state index in [1.807, 2.05) is 0 Å². The average molecular weight is 154 g/mol. The molecule has 0 aliphatic heterocycles. The lowest BCUT2D eigenvalue weighted by molar-refractivity contribution is 0.423. The van der Waals surface area contributed by atoms with Crippen molar-refractivity contribution in [3.8, 4) is 0 Å². The lowest BCUT2D eigenvalue weighted by Gasteiger charge is -2.09. The van der Waals surface area contributed by atoms with Crippen LogP contribution in [-0.2, 0) is 10.3 Å². The lowest BCUT2D eigenvalue weighted by atomic mass is 11.1. The highest BCUT2D eigenvalue weighted by Crippen LogP contribution is 1.83. The topological polar surface area (TPSA) is 134 Å². The highest BCUT2D eigenvalue weighted by atomic mass is 32.2. The van der Waals surface area contributed by atoms with Crippen LogP contribution < -0.4 is 11.6 Å². The van der Waals surface area contributed by atoms with Crippen molar-refractivity contribution in [3.05, 3.63) is 0 Å². The molecule has 0 aromatic rings. The van der Waals surface area contributed by atoms with Crippen LogP contribution in [-0.4, -0.2) is 23.3 Å². The fourth-order valence-corrected chi connectivity index (χ4v) is 0.373. The minimum absolute atomic E-state index is 0.257. The van der Waals surface area contributed by atoms with Crippen molar-refractivity contribution in [2.24, 2.45) is 11.6 Å². The SMILES string of the molecule is N=C(N)N(N)S(=O)(=O)O. The Bertz CT molecular complexity index is 206. The van der Waals surface area contributed by atoms with E-state index < -0.39 is 16.3 Å². The minimum Gasteiger partial charge on any atom is -0.368 e. The first-order chi connectivity index (χ1) is 3.85. The molecular weight excluding hydrogens is 148 g/mol. The van der Waals surface area contributed by atoms with Crippen molar-refractivity contribution < 1.29 is 13.0 Å². The summed E-state index contributed by atoms with van der Waals surface area (Å²) in [5.41, 5.74) is 4.57. The summed E-state index contributed by atoms with van der Waals surface area (Å²) in [6.07, 6.45) is 0. The Morgan fingerprint density at radius 1 is 1.67 bits per heavy atom. The first kappa shape index (κ1) is 8.14. The Morgan fingerprint density at radius 3 is 2.00 bits per heavy atom. The van der Waals surface area contributed by atoms with Gasteiger partial charge in [0.05, 0.1) is 0 Å². The molecule has 0 aliphatic rings. The summed E-state index contributed by atoms with van der Waals surface area (Å²) in [4.78, 5) is 0. The molecule has 0 saturated heterocycles. The van der Waals surface area contributed by atoms with E-state index in [4.69, 9.17) is 9.96 Å². The average Bonchev–Trinajstić information content (AvgIpc) is 1.62. The Balaban J connectivity index is 4.43. The number of nitrogens with two attached hydrogens (primary N) is 2. The quantitative estimate of drug-likeness (QED) is 0.112. The number of rotatable bonds is 1. The van der Waals surface area contributed by atoms with Gasteiger partial charge in [0, 0.05) is 0 Å². The minimum atomic E-state index is -4.54. The van der Waals surface area contributed by atoms with Crippen LogP contribution in [0.3, 0.4) is 0 Å². The van der Waals surface area contributed by atoms with E-state index in [0.717, 1.165) is 0 Å². The molecule has 0 spiro atoms. The maximum absolute atomic E-state index is 9.91. The maximum Gasteiger partial charge on any atom is 0.376 e. The largest absolute Gasteiger partial charge is 0.376 e. The van der Waals surface area contributed by atoms with Crippen molar-refractivity contribution in [2.75, 3.05) is 0 Å². The van der Waals surface area contributed by atoms with Gasteiger partial charge >= 0.3 is 10.3 Å². The second kappa shape index (κ2) is 2.17. The van der Waals surface area contributed by atoms with Gasteiger partial charge in [0.15, 0.2) is 0 Å². The van der Waals surface area contributed by atoms with Crippen molar-refractivity contribution in [1.82, 2.24) is 4.41 Å². The van der Waals surface area contributed by atoms with E-state index in [-0.39, 0.29) is 4.41 Å². The van der Waals surface area contributed by atoms with Crippen molar-refractivity contribution >= 4 is 16.3 Å². The third kappa shape index (κ3) is 2.26. The zero-order valence-corrected chi connectivity index (χ0v) is 5.09. The molecule has 0 rings (SSSR count). The van der Waals surface area contributed by atoms with Crippen LogP contribution in [0.4, 0.5) is 0 Å². The summed E-state index contributed by atoms with van der Waals surface area (Å²) in [5, 5.41) is 6.40. The van der Waals surface area contributed by atoms with Crippen LogP contribution in [0.5, 0.6) is 0 Å². The van der Waals surface area contributed by atoms with E-state index in [0.29, 0.717) is 0 Å². The zero-order chi connectivity index (χ0) is 7.65. The van der Waals surface area contributed by atoms with Gasteiger partial charge in [0.2, 0.25) is 5.96 Å². The smallest absolute Gasteiger partial charge is 0.368 e. The molecule has 7 nitrogen and oxygen atoms in total. The van der Waals surface area contributed by atoms with E-state index in [1.54, 1.807) is 0 Å². The maximum atomic E-state index is 9.91. The highest BCUT2D eigenvalue weighted by Gasteiger charge is 2.14. The Hall–Kier alpha value is -0.860. The summed E-state index contributed by atoms with van der Waals surface area (Å²) in [6, 6.07) is 0. The fourth-order valence-electron chi connectivity index (χ4n) is 0.124. The summed E-state index contributed by atoms with van der Waals surface area (Å²) in [7, 11) is -4.54. The molecule has 0 heterocycles. The van der Waals surface area contributed by atoms with Crippen molar-refractivity contribution in [2.45, 2.75) is 0 Å². The summed E-state index contributed by atoms with van der Waals surface area (Å²) < 4.78 is 27.6. The number of hydrogen-bond acceptors (Lipinski definition) is 4. The van der Waals surface area contributed by atoms with Gasteiger partial charge in [-0.25, -0.2) is 5.84 Å². The van der Waals surface area contributed by atoms with E-state index >= 15 is 0 Å². The molecule has 6 N–H and O–H groups in total. The van der Waals surface area contributed by atoms with E-state index in [1.165, 1.54) is 0 Å². The molecule has 0 bridgehead atoms. The highest BCUT2D eigenvalue weighted by molar-refractivity contribution is 7.83. The fraction of sp³-hybridized carbons (Fsp3) is 0. The molecular formula is CH6N4O3S. The lowest BCUT2D eigenvalue weighted by Crippen LogP contribution is -2.45. The van der Waals surface area contributed by atoms with Gasteiger partial charge < -0.3 is 5.73 Å². The summed E-state index contributed by atoms with van der Waals surface area (Å²) in [6.45, 7) is 0. The molecule has 0 radical (unpaired) electrons. The van der Waals surface area contributed by atoms with Crippen molar-refractivity contribution in [1.29, 1.82) is 5.41 Å². The summed E-state index contributed by atoms with van der Waals surface area (Å²) >= 11 is 0. The molecule has 0 aromatic heterocycles. The van der Waals surface area contributed by atoms with Gasteiger partial charge in [-0.1, -0.05) is 0 Å². The van der Waals surface area contributed by atoms with Crippen LogP contribution in [0, 0.1) is 5.41 Å². The first-order valence-electron chi connectivity index (χ1n) is 1.72. The normalized spacial score (nSPS) is 10.9. The molecule has 0 aromatic carbocycles. The van der Waals surface area contributed by atoms with Gasteiger partial charge in [-0.3, -0.25) is 9.96 Å². The molecule has 0 fully saturated rings. The molecule has 0 atom stereocenters.